The van der Waals surface area contributed by atoms with Crippen LogP contribution in [0.5, 0.6) is 5.75 Å². The number of hydrogen-bond acceptors (Lipinski definition) is 2. The average Bonchev–Trinajstić information content (AvgIpc) is 2.42. The second-order valence-electron chi connectivity index (χ2n) is 4.36. The number of aliphatic hydroxyl groups excluding tert-OH is 1. The van der Waals surface area contributed by atoms with E-state index >= 15 is 0 Å². The highest BCUT2D eigenvalue weighted by atomic mass is 35.5. The summed E-state index contributed by atoms with van der Waals surface area (Å²) in [5, 5.41) is 10.5. The summed E-state index contributed by atoms with van der Waals surface area (Å²) in [5.41, 5.74) is 1.00. The number of aliphatic hydroxyl groups is 1. The van der Waals surface area contributed by atoms with E-state index in [1.165, 1.54) is 13.2 Å². The predicted molar refractivity (Wildman–Crippen MR) is 73.0 cm³/mol. The van der Waals surface area contributed by atoms with Crippen LogP contribution in [-0.2, 0) is 6.42 Å². The maximum absolute atomic E-state index is 13.1. The van der Waals surface area contributed by atoms with Gasteiger partial charge in [0, 0.05) is 6.42 Å². The molecule has 2 nitrogen and oxygen atoms in total. The molecule has 1 unspecified atom stereocenters. The SMILES string of the molecule is COc1ccc(C(O)Cc2ccc(F)c(F)c2)c(Cl)c1. The van der Waals surface area contributed by atoms with Crippen LogP contribution < -0.4 is 4.74 Å². The van der Waals surface area contributed by atoms with Crippen LogP contribution >= 0.6 is 11.6 Å². The summed E-state index contributed by atoms with van der Waals surface area (Å²) in [4.78, 5) is 0. The standard InChI is InChI=1S/C15H13ClF2O2/c1-20-10-3-4-11(12(16)8-10)15(19)7-9-2-5-13(17)14(18)6-9/h2-6,8,15,19H,7H2,1H3. The molecule has 0 radical (unpaired) electrons. The molecular formula is C15H13ClF2O2. The van der Waals surface area contributed by atoms with Gasteiger partial charge in [0.05, 0.1) is 18.2 Å². The zero-order chi connectivity index (χ0) is 14.7. The number of methoxy groups -OCH3 is 1. The van der Waals surface area contributed by atoms with Crippen LogP contribution in [0.15, 0.2) is 36.4 Å². The number of hydrogen-bond donors (Lipinski definition) is 1. The van der Waals surface area contributed by atoms with Crippen molar-refractivity contribution >= 4 is 11.6 Å². The first-order valence-electron chi connectivity index (χ1n) is 5.96. The molecule has 0 saturated heterocycles. The molecule has 1 N–H and O–H groups in total. The Morgan fingerprint density at radius 3 is 2.50 bits per heavy atom. The van der Waals surface area contributed by atoms with Crippen molar-refractivity contribution in [1.82, 2.24) is 0 Å². The van der Waals surface area contributed by atoms with Gasteiger partial charge in [-0.15, -0.1) is 0 Å². The summed E-state index contributed by atoms with van der Waals surface area (Å²) in [5.74, 6) is -1.26. The second kappa shape index (κ2) is 6.20. The molecule has 0 aliphatic heterocycles. The largest absolute Gasteiger partial charge is 0.497 e. The zero-order valence-electron chi connectivity index (χ0n) is 10.7. The molecule has 1 atom stereocenters. The van der Waals surface area contributed by atoms with Gasteiger partial charge < -0.3 is 9.84 Å². The van der Waals surface area contributed by atoms with E-state index in [1.54, 1.807) is 18.2 Å². The summed E-state index contributed by atoms with van der Waals surface area (Å²) in [7, 11) is 1.52. The molecule has 2 aromatic rings. The molecule has 0 aromatic heterocycles. The summed E-state index contributed by atoms with van der Waals surface area (Å²) in [6.45, 7) is 0. The summed E-state index contributed by atoms with van der Waals surface area (Å²) in [6, 6.07) is 8.44. The quantitative estimate of drug-likeness (QED) is 0.927. The number of rotatable bonds is 4. The van der Waals surface area contributed by atoms with Crippen molar-refractivity contribution in [2.75, 3.05) is 7.11 Å². The maximum atomic E-state index is 13.1. The van der Waals surface area contributed by atoms with Gasteiger partial charge in [0.2, 0.25) is 0 Å². The van der Waals surface area contributed by atoms with Crippen molar-refractivity contribution in [3.8, 4) is 5.75 Å². The van der Waals surface area contributed by atoms with E-state index in [0.717, 1.165) is 12.1 Å². The molecule has 0 saturated carbocycles. The van der Waals surface area contributed by atoms with Crippen molar-refractivity contribution < 1.29 is 18.6 Å². The van der Waals surface area contributed by atoms with Crippen LogP contribution in [0.1, 0.15) is 17.2 Å². The third kappa shape index (κ3) is 3.26. The molecule has 2 aromatic carbocycles. The Bertz CT molecular complexity index is 617. The first kappa shape index (κ1) is 14.8. The molecule has 106 valence electrons. The number of ether oxygens (including phenoxy) is 1. The first-order chi connectivity index (χ1) is 9.51. The Kier molecular flexibility index (Phi) is 4.57. The molecule has 0 aliphatic carbocycles. The Morgan fingerprint density at radius 2 is 1.90 bits per heavy atom. The minimum atomic E-state index is -0.935. The molecule has 5 heteroatoms. The molecule has 0 amide bonds. The van der Waals surface area contributed by atoms with E-state index in [1.807, 2.05) is 0 Å². The van der Waals surface area contributed by atoms with E-state index in [-0.39, 0.29) is 6.42 Å². The van der Waals surface area contributed by atoms with Gasteiger partial charge in [-0.3, -0.25) is 0 Å². The topological polar surface area (TPSA) is 29.5 Å². The molecule has 0 fully saturated rings. The van der Waals surface area contributed by atoms with E-state index in [0.29, 0.717) is 21.9 Å². The monoisotopic (exact) mass is 298 g/mol. The third-order valence-electron chi connectivity index (χ3n) is 2.98. The van der Waals surface area contributed by atoms with Gasteiger partial charge in [-0.2, -0.15) is 0 Å². The zero-order valence-corrected chi connectivity index (χ0v) is 11.5. The van der Waals surface area contributed by atoms with Crippen molar-refractivity contribution in [2.24, 2.45) is 0 Å². The average molecular weight is 299 g/mol. The van der Waals surface area contributed by atoms with Crippen LogP contribution in [0.4, 0.5) is 8.78 Å². The Hall–Kier alpha value is -1.65. The third-order valence-corrected chi connectivity index (χ3v) is 3.31. The normalized spacial score (nSPS) is 12.2. The second-order valence-corrected chi connectivity index (χ2v) is 4.76. The van der Waals surface area contributed by atoms with E-state index < -0.39 is 17.7 Å². The van der Waals surface area contributed by atoms with E-state index in [9.17, 15) is 13.9 Å². The fraction of sp³-hybridized carbons (Fsp3) is 0.200. The van der Waals surface area contributed by atoms with Crippen molar-refractivity contribution in [3.05, 3.63) is 64.2 Å². The minimum absolute atomic E-state index is 0.142. The Balaban J connectivity index is 2.19. The first-order valence-corrected chi connectivity index (χ1v) is 6.34. The van der Waals surface area contributed by atoms with Crippen molar-refractivity contribution in [1.29, 1.82) is 0 Å². The van der Waals surface area contributed by atoms with Gasteiger partial charge in [-0.1, -0.05) is 23.7 Å². The summed E-state index contributed by atoms with van der Waals surface area (Å²) >= 11 is 6.05. The van der Waals surface area contributed by atoms with Gasteiger partial charge >= 0.3 is 0 Å². The fourth-order valence-corrected chi connectivity index (χ4v) is 2.20. The highest BCUT2D eigenvalue weighted by Gasteiger charge is 2.14. The Labute approximate surface area is 120 Å². The van der Waals surface area contributed by atoms with Crippen molar-refractivity contribution in [2.45, 2.75) is 12.5 Å². The van der Waals surface area contributed by atoms with E-state index in [4.69, 9.17) is 16.3 Å². The molecule has 2 rings (SSSR count). The van der Waals surface area contributed by atoms with Gasteiger partial charge in [-0.25, -0.2) is 8.78 Å². The lowest BCUT2D eigenvalue weighted by atomic mass is 10.0. The lowest BCUT2D eigenvalue weighted by Gasteiger charge is -2.14. The van der Waals surface area contributed by atoms with Crippen LogP contribution in [0, 0.1) is 11.6 Å². The van der Waals surface area contributed by atoms with Crippen LogP contribution in [0.2, 0.25) is 5.02 Å². The molecule has 0 heterocycles. The van der Waals surface area contributed by atoms with Crippen LogP contribution in [0.3, 0.4) is 0 Å². The Morgan fingerprint density at radius 1 is 1.15 bits per heavy atom. The van der Waals surface area contributed by atoms with Gasteiger partial charge in [0.1, 0.15) is 5.75 Å². The van der Waals surface area contributed by atoms with Crippen molar-refractivity contribution in [3.63, 3.8) is 0 Å². The molecule has 0 bridgehead atoms. The number of benzene rings is 2. The van der Waals surface area contributed by atoms with Gasteiger partial charge in [0.15, 0.2) is 11.6 Å². The predicted octanol–water partition coefficient (Wildman–Crippen LogP) is 3.90. The lowest BCUT2D eigenvalue weighted by Crippen LogP contribution is -2.03. The van der Waals surface area contributed by atoms with Gasteiger partial charge in [0.25, 0.3) is 0 Å². The summed E-state index contributed by atoms with van der Waals surface area (Å²) < 4.78 is 31.0. The highest BCUT2D eigenvalue weighted by molar-refractivity contribution is 6.31. The van der Waals surface area contributed by atoms with E-state index in [2.05, 4.69) is 0 Å². The van der Waals surface area contributed by atoms with Crippen LogP contribution in [0.25, 0.3) is 0 Å². The summed E-state index contributed by atoms with van der Waals surface area (Å²) in [6.07, 6.45) is -0.762. The maximum Gasteiger partial charge on any atom is 0.159 e. The molecular weight excluding hydrogens is 286 g/mol. The van der Waals surface area contributed by atoms with Crippen LogP contribution in [-0.4, -0.2) is 12.2 Å². The molecule has 0 aliphatic rings. The highest BCUT2D eigenvalue weighted by Crippen LogP contribution is 2.29. The molecule has 20 heavy (non-hydrogen) atoms. The lowest BCUT2D eigenvalue weighted by molar-refractivity contribution is 0.178. The van der Waals surface area contributed by atoms with Gasteiger partial charge in [-0.05, 0) is 35.4 Å². The minimum Gasteiger partial charge on any atom is -0.497 e. The number of halogens is 3. The molecule has 0 spiro atoms. The fourth-order valence-electron chi connectivity index (χ4n) is 1.90. The smallest absolute Gasteiger partial charge is 0.159 e.